The van der Waals surface area contributed by atoms with Crippen molar-refractivity contribution in [2.24, 2.45) is 23.2 Å². The summed E-state index contributed by atoms with van der Waals surface area (Å²) in [4.78, 5) is 0. The third-order valence-electron chi connectivity index (χ3n) is 4.34. The lowest BCUT2D eigenvalue weighted by Crippen LogP contribution is -2.30. The SMILES string of the molecule is C[SiH](C)OCC(C#N)[C@H]1CC[C@H](C(C)(C)C)CC1. The first-order chi connectivity index (χ1) is 8.34. The van der Waals surface area contributed by atoms with Gasteiger partial charge >= 0.3 is 0 Å². The third kappa shape index (κ3) is 4.74. The largest absolute Gasteiger partial charge is 0.419 e. The highest BCUT2D eigenvalue weighted by Crippen LogP contribution is 2.41. The van der Waals surface area contributed by atoms with E-state index in [1.54, 1.807) is 0 Å². The van der Waals surface area contributed by atoms with E-state index in [0.29, 0.717) is 17.9 Å². The normalized spacial score (nSPS) is 26.9. The molecule has 0 aromatic rings. The topological polar surface area (TPSA) is 33.0 Å². The zero-order valence-electron chi connectivity index (χ0n) is 12.7. The molecule has 0 radical (unpaired) electrons. The van der Waals surface area contributed by atoms with Crippen LogP contribution in [0.4, 0.5) is 0 Å². The van der Waals surface area contributed by atoms with Crippen molar-refractivity contribution >= 4 is 9.04 Å². The molecule has 104 valence electrons. The molecule has 0 aromatic carbocycles. The van der Waals surface area contributed by atoms with Crippen molar-refractivity contribution in [2.75, 3.05) is 6.61 Å². The van der Waals surface area contributed by atoms with Crippen LogP contribution in [0.5, 0.6) is 0 Å². The Morgan fingerprint density at radius 3 is 2.17 bits per heavy atom. The fraction of sp³-hybridized carbons (Fsp3) is 0.933. The van der Waals surface area contributed by atoms with Crippen molar-refractivity contribution in [3.63, 3.8) is 0 Å². The second-order valence-corrected chi connectivity index (χ2v) is 9.53. The summed E-state index contributed by atoms with van der Waals surface area (Å²) < 4.78 is 5.76. The Morgan fingerprint density at radius 2 is 1.78 bits per heavy atom. The van der Waals surface area contributed by atoms with E-state index in [9.17, 15) is 5.26 Å². The first kappa shape index (κ1) is 15.7. The Balaban J connectivity index is 2.43. The highest BCUT2D eigenvalue weighted by molar-refractivity contribution is 6.48. The minimum atomic E-state index is -0.986. The number of hydrogen-bond acceptors (Lipinski definition) is 2. The van der Waals surface area contributed by atoms with E-state index >= 15 is 0 Å². The fourth-order valence-electron chi connectivity index (χ4n) is 2.96. The highest BCUT2D eigenvalue weighted by Gasteiger charge is 2.32. The smallest absolute Gasteiger partial charge is 0.170 e. The van der Waals surface area contributed by atoms with Gasteiger partial charge in [0.1, 0.15) is 0 Å². The standard InChI is InChI=1S/C15H29NOSi/c1-15(2,3)14-8-6-12(7-9-14)13(10-16)11-17-18(4)5/h12-14,18H,6-9,11H2,1-5H3/t12-,13?,14-. The van der Waals surface area contributed by atoms with Crippen LogP contribution < -0.4 is 0 Å². The van der Waals surface area contributed by atoms with E-state index in [2.05, 4.69) is 39.9 Å². The summed E-state index contributed by atoms with van der Waals surface area (Å²) in [5.74, 6) is 1.52. The van der Waals surface area contributed by atoms with Gasteiger partial charge in [-0.05, 0) is 56.0 Å². The van der Waals surface area contributed by atoms with Gasteiger partial charge in [0, 0.05) is 6.61 Å². The van der Waals surface area contributed by atoms with Gasteiger partial charge < -0.3 is 4.43 Å². The molecule has 0 aromatic heterocycles. The van der Waals surface area contributed by atoms with Crippen molar-refractivity contribution in [1.82, 2.24) is 0 Å². The lowest BCUT2D eigenvalue weighted by atomic mass is 9.68. The summed E-state index contributed by atoms with van der Waals surface area (Å²) in [6, 6.07) is 2.48. The Morgan fingerprint density at radius 1 is 1.22 bits per heavy atom. The Labute approximate surface area is 114 Å². The molecule has 0 N–H and O–H groups in total. The summed E-state index contributed by atoms with van der Waals surface area (Å²) in [5, 5.41) is 9.30. The van der Waals surface area contributed by atoms with Gasteiger partial charge in [0.05, 0.1) is 12.0 Å². The van der Waals surface area contributed by atoms with Gasteiger partial charge in [0.2, 0.25) is 0 Å². The molecule has 2 nitrogen and oxygen atoms in total. The monoisotopic (exact) mass is 267 g/mol. The Bertz CT molecular complexity index is 282. The van der Waals surface area contributed by atoms with Crippen molar-refractivity contribution in [3.8, 4) is 6.07 Å². The average Bonchev–Trinajstić information content (AvgIpc) is 2.29. The van der Waals surface area contributed by atoms with Gasteiger partial charge in [-0.2, -0.15) is 5.26 Å². The molecule has 1 rings (SSSR count). The first-order valence-corrected chi connectivity index (χ1v) is 10.1. The number of rotatable bonds is 4. The van der Waals surface area contributed by atoms with Crippen LogP contribution in [0.2, 0.25) is 13.1 Å². The second kappa shape index (κ2) is 6.72. The van der Waals surface area contributed by atoms with Gasteiger partial charge in [-0.15, -0.1) is 0 Å². The molecule has 1 saturated carbocycles. The minimum Gasteiger partial charge on any atom is -0.419 e. The lowest BCUT2D eigenvalue weighted by Gasteiger charge is -2.38. The molecule has 0 bridgehead atoms. The summed E-state index contributed by atoms with van der Waals surface area (Å²) in [6.45, 7) is 12.0. The first-order valence-electron chi connectivity index (χ1n) is 7.35. The molecular weight excluding hydrogens is 238 g/mol. The van der Waals surface area contributed by atoms with Crippen LogP contribution in [0, 0.1) is 34.5 Å². The molecule has 0 aliphatic heterocycles. The molecule has 1 unspecified atom stereocenters. The maximum atomic E-state index is 9.30. The van der Waals surface area contributed by atoms with E-state index < -0.39 is 9.04 Å². The molecule has 1 aliphatic rings. The zero-order valence-corrected chi connectivity index (χ0v) is 13.9. The fourth-order valence-corrected chi connectivity index (χ4v) is 3.55. The molecule has 0 amide bonds. The van der Waals surface area contributed by atoms with Crippen LogP contribution in [-0.2, 0) is 4.43 Å². The quantitative estimate of drug-likeness (QED) is 0.722. The Hall–Kier alpha value is -0.333. The maximum absolute atomic E-state index is 9.30. The lowest BCUT2D eigenvalue weighted by molar-refractivity contribution is 0.119. The van der Waals surface area contributed by atoms with Gasteiger partial charge in [-0.3, -0.25) is 0 Å². The van der Waals surface area contributed by atoms with E-state index in [0.717, 1.165) is 5.92 Å². The van der Waals surface area contributed by atoms with Crippen LogP contribution in [-0.4, -0.2) is 15.6 Å². The summed E-state index contributed by atoms with van der Waals surface area (Å²) in [5.41, 5.74) is 0.425. The predicted molar refractivity (Wildman–Crippen MR) is 78.8 cm³/mol. The van der Waals surface area contributed by atoms with E-state index in [-0.39, 0.29) is 5.92 Å². The summed E-state index contributed by atoms with van der Waals surface area (Å²) in [6.07, 6.45) is 4.99. The molecule has 1 atom stereocenters. The predicted octanol–water partition coefficient (Wildman–Crippen LogP) is 3.98. The minimum absolute atomic E-state index is 0.126. The second-order valence-electron chi connectivity index (χ2n) is 7.10. The molecule has 3 heteroatoms. The average molecular weight is 267 g/mol. The number of nitrogens with zero attached hydrogens (tertiary/aromatic N) is 1. The Kier molecular flexibility index (Phi) is 5.87. The molecule has 0 heterocycles. The van der Waals surface area contributed by atoms with Crippen LogP contribution in [0.15, 0.2) is 0 Å². The van der Waals surface area contributed by atoms with Crippen LogP contribution in [0.1, 0.15) is 46.5 Å². The summed E-state index contributed by atoms with van der Waals surface area (Å²) >= 11 is 0. The van der Waals surface area contributed by atoms with Crippen molar-refractivity contribution in [2.45, 2.75) is 59.5 Å². The summed E-state index contributed by atoms with van der Waals surface area (Å²) in [7, 11) is -0.986. The van der Waals surface area contributed by atoms with Crippen molar-refractivity contribution < 1.29 is 4.43 Å². The molecule has 1 fully saturated rings. The van der Waals surface area contributed by atoms with Gasteiger partial charge in [0.25, 0.3) is 0 Å². The van der Waals surface area contributed by atoms with Crippen molar-refractivity contribution in [3.05, 3.63) is 0 Å². The van der Waals surface area contributed by atoms with Crippen molar-refractivity contribution in [1.29, 1.82) is 5.26 Å². The molecule has 1 aliphatic carbocycles. The van der Waals surface area contributed by atoms with Crippen LogP contribution in [0.25, 0.3) is 0 Å². The van der Waals surface area contributed by atoms with E-state index in [1.807, 2.05) is 0 Å². The molecular formula is C15H29NOSi. The zero-order chi connectivity index (χ0) is 13.8. The van der Waals surface area contributed by atoms with Crippen LogP contribution >= 0.6 is 0 Å². The number of nitriles is 1. The highest BCUT2D eigenvalue weighted by atomic mass is 28.3. The molecule has 0 saturated heterocycles. The van der Waals surface area contributed by atoms with E-state index in [4.69, 9.17) is 4.43 Å². The molecule has 18 heavy (non-hydrogen) atoms. The molecule has 0 spiro atoms. The number of hydrogen-bond donors (Lipinski definition) is 0. The van der Waals surface area contributed by atoms with Gasteiger partial charge in [-0.25, -0.2) is 0 Å². The van der Waals surface area contributed by atoms with E-state index in [1.165, 1.54) is 25.7 Å². The van der Waals surface area contributed by atoms with Crippen LogP contribution in [0.3, 0.4) is 0 Å². The van der Waals surface area contributed by atoms with Gasteiger partial charge in [0.15, 0.2) is 9.04 Å². The third-order valence-corrected chi connectivity index (χ3v) is 5.20. The van der Waals surface area contributed by atoms with Gasteiger partial charge in [-0.1, -0.05) is 20.8 Å². The maximum Gasteiger partial charge on any atom is 0.170 e.